The van der Waals surface area contributed by atoms with E-state index in [0.717, 1.165) is 5.92 Å². The van der Waals surface area contributed by atoms with Crippen molar-refractivity contribution in [3.05, 3.63) is 0 Å². The van der Waals surface area contributed by atoms with Crippen molar-refractivity contribution >= 4 is 5.78 Å². The average Bonchev–Trinajstić information content (AvgIpc) is 2.28. The summed E-state index contributed by atoms with van der Waals surface area (Å²) in [6, 6.07) is -0.258. The first kappa shape index (κ1) is 13.7. The minimum absolute atomic E-state index is 0.257. The number of carbonyl (C=O) groups is 1. The monoisotopic (exact) mass is 225 g/mol. The fourth-order valence-electron chi connectivity index (χ4n) is 2.70. The van der Waals surface area contributed by atoms with Crippen molar-refractivity contribution in [3.8, 4) is 0 Å². The minimum atomic E-state index is -0.258. The molecule has 1 saturated carbocycles. The molecule has 0 aliphatic heterocycles. The van der Waals surface area contributed by atoms with Crippen LogP contribution in [-0.2, 0) is 4.79 Å². The molecule has 2 nitrogen and oxygen atoms in total. The van der Waals surface area contributed by atoms with E-state index in [2.05, 4.69) is 6.92 Å². The fraction of sp³-hybridized carbons (Fsp3) is 0.929. The summed E-state index contributed by atoms with van der Waals surface area (Å²) in [7, 11) is 0. The van der Waals surface area contributed by atoms with E-state index in [1.54, 1.807) is 0 Å². The molecule has 1 rings (SSSR count). The van der Waals surface area contributed by atoms with Gasteiger partial charge in [-0.05, 0) is 17.8 Å². The lowest BCUT2D eigenvalue weighted by Gasteiger charge is -2.28. The van der Waals surface area contributed by atoms with Gasteiger partial charge >= 0.3 is 0 Å². The predicted octanol–water partition coefficient (Wildman–Crippen LogP) is 3.15. The lowest BCUT2D eigenvalue weighted by molar-refractivity contribution is -0.122. The second-order valence-electron chi connectivity index (χ2n) is 5.82. The Morgan fingerprint density at radius 3 is 2.25 bits per heavy atom. The van der Waals surface area contributed by atoms with Gasteiger partial charge in [0.25, 0.3) is 0 Å². The first-order valence-electron chi connectivity index (χ1n) is 6.80. The molecule has 0 bridgehead atoms. The maximum Gasteiger partial charge on any atom is 0.150 e. The molecule has 0 aromatic rings. The molecule has 0 unspecified atom stereocenters. The quantitative estimate of drug-likeness (QED) is 0.781. The summed E-state index contributed by atoms with van der Waals surface area (Å²) < 4.78 is 0. The van der Waals surface area contributed by atoms with Crippen molar-refractivity contribution in [1.82, 2.24) is 0 Å². The molecule has 2 atom stereocenters. The molecule has 1 fully saturated rings. The van der Waals surface area contributed by atoms with Crippen molar-refractivity contribution in [2.75, 3.05) is 0 Å². The van der Waals surface area contributed by atoms with E-state index in [9.17, 15) is 4.79 Å². The highest BCUT2D eigenvalue weighted by atomic mass is 16.1. The molecule has 0 radical (unpaired) electrons. The summed E-state index contributed by atoms with van der Waals surface area (Å²) in [6.07, 6.45) is 7.38. The molecule has 0 aromatic heterocycles. The standard InChI is InChI=1S/C14H27NO/c1-10(2)14(15)13(16)9-11(3)12-7-5-4-6-8-12/h10-12,14H,4-9,15H2,1-3H3/t11-,14+/m0/s1. The van der Waals surface area contributed by atoms with Crippen LogP contribution in [0.2, 0.25) is 0 Å². The Labute approximate surface area is 100.0 Å². The van der Waals surface area contributed by atoms with Crippen LogP contribution in [0.4, 0.5) is 0 Å². The molecule has 94 valence electrons. The molecular formula is C14H27NO. The lowest BCUT2D eigenvalue weighted by atomic mass is 9.78. The van der Waals surface area contributed by atoms with Crippen LogP contribution in [-0.4, -0.2) is 11.8 Å². The van der Waals surface area contributed by atoms with E-state index in [4.69, 9.17) is 5.73 Å². The summed E-state index contributed by atoms with van der Waals surface area (Å²) in [6.45, 7) is 6.27. The maximum absolute atomic E-state index is 11.9. The van der Waals surface area contributed by atoms with Crippen molar-refractivity contribution in [1.29, 1.82) is 0 Å². The Morgan fingerprint density at radius 1 is 1.19 bits per heavy atom. The van der Waals surface area contributed by atoms with Gasteiger partial charge in [0.2, 0.25) is 0 Å². The van der Waals surface area contributed by atoms with E-state index in [1.165, 1.54) is 32.1 Å². The summed E-state index contributed by atoms with van der Waals surface area (Å²) in [5.41, 5.74) is 5.89. The first-order valence-corrected chi connectivity index (χ1v) is 6.80. The van der Waals surface area contributed by atoms with Crippen LogP contribution in [0.1, 0.15) is 59.3 Å². The van der Waals surface area contributed by atoms with Crippen LogP contribution in [0.15, 0.2) is 0 Å². The van der Waals surface area contributed by atoms with Crippen molar-refractivity contribution in [3.63, 3.8) is 0 Å². The molecule has 1 aliphatic carbocycles. The third-order valence-corrected chi connectivity index (χ3v) is 4.07. The van der Waals surface area contributed by atoms with Crippen LogP contribution in [0.5, 0.6) is 0 Å². The third kappa shape index (κ3) is 3.89. The smallest absolute Gasteiger partial charge is 0.150 e. The van der Waals surface area contributed by atoms with Gasteiger partial charge in [-0.25, -0.2) is 0 Å². The summed E-state index contributed by atoms with van der Waals surface area (Å²) >= 11 is 0. The Bertz CT molecular complexity index is 219. The second-order valence-corrected chi connectivity index (χ2v) is 5.82. The van der Waals surface area contributed by atoms with Gasteiger partial charge in [-0.3, -0.25) is 4.79 Å². The molecule has 0 saturated heterocycles. The van der Waals surface area contributed by atoms with Crippen molar-refractivity contribution in [2.24, 2.45) is 23.5 Å². The van der Waals surface area contributed by atoms with Crippen LogP contribution < -0.4 is 5.73 Å². The highest BCUT2D eigenvalue weighted by Crippen LogP contribution is 2.31. The van der Waals surface area contributed by atoms with E-state index in [0.29, 0.717) is 12.3 Å². The van der Waals surface area contributed by atoms with Gasteiger partial charge in [0.05, 0.1) is 6.04 Å². The largest absolute Gasteiger partial charge is 0.321 e. The topological polar surface area (TPSA) is 43.1 Å². The zero-order valence-electron chi connectivity index (χ0n) is 11.0. The lowest BCUT2D eigenvalue weighted by Crippen LogP contribution is -2.37. The number of rotatable bonds is 5. The Balaban J connectivity index is 2.37. The van der Waals surface area contributed by atoms with E-state index in [1.807, 2.05) is 13.8 Å². The maximum atomic E-state index is 11.9. The fourth-order valence-corrected chi connectivity index (χ4v) is 2.70. The molecule has 2 N–H and O–H groups in total. The Morgan fingerprint density at radius 2 is 1.75 bits per heavy atom. The van der Waals surface area contributed by atoms with E-state index >= 15 is 0 Å². The summed E-state index contributed by atoms with van der Waals surface area (Å²) in [4.78, 5) is 11.9. The van der Waals surface area contributed by atoms with Crippen LogP contribution in [0, 0.1) is 17.8 Å². The van der Waals surface area contributed by atoms with Gasteiger partial charge < -0.3 is 5.73 Å². The number of ketones is 1. The Kier molecular flexibility index (Phi) is 5.47. The predicted molar refractivity (Wildman–Crippen MR) is 68.2 cm³/mol. The number of hydrogen-bond acceptors (Lipinski definition) is 2. The molecule has 0 aromatic carbocycles. The Hall–Kier alpha value is -0.370. The number of carbonyl (C=O) groups excluding carboxylic acids is 1. The highest BCUT2D eigenvalue weighted by Gasteiger charge is 2.25. The molecule has 0 heterocycles. The molecule has 2 heteroatoms. The van der Waals surface area contributed by atoms with Crippen molar-refractivity contribution < 1.29 is 4.79 Å². The zero-order chi connectivity index (χ0) is 12.1. The molecule has 1 aliphatic rings. The van der Waals surface area contributed by atoms with E-state index < -0.39 is 0 Å². The first-order chi connectivity index (χ1) is 7.52. The van der Waals surface area contributed by atoms with Gasteiger partial charge in [-0.2, -0.15) is 0 Å². The molecule has 0 amide bonds. The molecule has 0 spiro atoms. The normalized spacial score (nSPS) is 22.1. The molecular weight excluding hydrogens is 198 g/mol. The SMILES string of the molecule is CC(C)[C@@H](N)C(=O)C[C@H](C)C1CCCCC1. The highest BCUT2D eigenvalue weighted by molar-refractivity contribution is 5.84. The van der Waals surface area contributed by atoms with Crippen LogP contribution >= 0.6 is 0 Å². The van der Waals surface area contributed by atoms with Gasteiger partial charge in [0.1, 0.15) is 5.78 Å². The van der Waals surface area contributed by atoms with Crippen molar-refractivity contribution in [2.45, 2.75) is 65.3 Å². The number of Topliss-reactive ketones (excluding diaryl/α,β-unsaturated/α-hetero) is 1. The van der Waals surface area contributed by atoms with Crippen LogP contribution in [0.3, 0.4) is 0 Å². The third-order valence-electron chi connectivity index (χ3n) is 4.07. The van der Waals surface area contributed by atoms with E-state index in [-0.39, 0.29) is 17.7 Å². The van der Waals surface area contributed by atoms with Gasteiger partial charge in [0, 0.05) is 6.42 Å². The average molecular weight is 225 g/mol. The van der Waals surface area contributed by atoms with Gasteiger partial charge in [-0.15, -0.1) is 0 Å². The van der Waals surface area contributed by atoms with Crippen LogP contribution in [0.25, 0.3) is 0 Å². The minimum Gasteiger partial charge on any atom is -0.321 e. The number of hydrogen-bond donors (Lipinski definition) is 1. The molecule has 16 heavy (non-hydrogen) atoms. The summed E-state index contributed by atoms with van der Waals surface area (Å²) in [5.74, 6) is 1.81. The summed E-state index contributed by atoms with van der Waals surface area (Å²) in [5, 5.41) is 0. The van der Waals surface area contributed by atoms with Gasteiger partial charge in [0.15, 0.2) is 0 Å². The zero-order valence-corrected chi connectivity index (χ0v) is 11.0. The van der Waals surface area contributed by atoms with Gasteiger partial charge in [-0.1, -0.05) is 52.9 Å². The second kappa shape index (κ2) is 6.39. The number of nitrogens with two attached hydrogens (primary N) is 1.